The standard InChI is InChI=1S/C9H20N2.ClH/c1-8(2)11-6-4-9-3-5-10-7-9;/h8-11H,3-7H2,1-2H3;1H/t9-;/m0./s1. The second-order valence-corrected chi connectivity index (χ2v) is 3.76. The van der Waals surface area contributed by atoms with Gasteiger partial charge in [0.1, 0.15) is 0 Å². The first kappa shape index (κ1) is 12.2. The van der Waals surface area contributed by atoms with Crippen molar-refractivity contribution in [2.24, 2.45) is 5.92 Å². The van der Waals surface area contributed by atoms with E-state index < -0.39 is 0 Å². The Morgan fingerprint density at radius 1 is 1.50 bits per heavy atom. The molecule has 3 heteroatoms. The van der Waals surface area contributed by atoms with Crippen LogP contribution >= 0.6 is 12.4 Å². The molecule has 0 spiro atoms. The van der Waals surface area contributed by atoms with E-state index in [1.165, 1.54) is 32.5 Å². The Morgan fingerprint density at radius 2 is 2.25 bits per heavy atom. The number of hydrogen-bond acceptors (Lipinski definition) is 2. The van der Waals surface area contributed by atoms with E-state index in [0.29, 0.717) is 6.04 Å². The summed E-state index contributed by atoms with van der Waals surface area (Å²) in [5.41, 5.74) is 0. The van der Waals surface area contributed by atoms with Crippen molar-refractivity contribution >= 4 is 12.4 Å². The molecule has 2 N–H and O–H groups in total. The minimum absolute atomic E-state index is 0. The quantitative estimate of drug-likeness (QED) is 0.704. The number of rotatable bonds is 4. The van der Waals surface area contributed by atoms with Gasteiger partial charge in [-0.15, -0.1) is 12.4 Å². The molecule has 0 aromatic heterocycles. The lowest BCUT2D eigenvalue weighted by Gasteiger charge is -2.11. The van der Waals surface area contributed by atoms with Crippen LogP contribution < -0.4 is 10.6 Å². The van der Waals surface area contributed by atoms with Crippen LogP contribution in [0.5, 0.6) is 0 Å². The molecule has 1 heterocycles. The monoisotopic (exact) mass is 192 g/mol. The van der Waals surface area contributed by atoms with Gasteiger partial charge in [0, 0.05) is 6.04 Å². The fraction of sp³-hybridized carbons (Fsp3) is 1.00. The molecular formula is C9H21ClN2. The van der Waals surface area contributed by atoms with Crippen molar-refractivity contribution in [3.8, 4) is 0 Å². The molecule has 74 valence electrons. The molecule has 0 radical (unpaired) electrons. The molecule has 0 saturated carbocycles. The number of hydrogen-bond donors (Lipinski definition) is 2. The molecule has 1 fully saturated rings. The van der Waals surface area contributed by atoms with Gasteiger partial charge >= 0.3 is 0 Å². The van der Waals surface area contributed by atoms with Crippen molar-refractivity contribution in [2.45, 2.75) is 32.7 Å². The first-order valence-corrected chi connectivity index (χ1v) is 4.73. The van der Waals surface area contributed by atoms with Gasteiger partial charge in [-0.1, -0.05) is 13.8 Å². The van der Waals surface area contributed by atoms with Crippen molar-refractivity contribution in [3.05, 3.63) is 0 Å². The Kier molecular flexibility index (Phi) is 6.81. The van der Waals surface area contributed by atoms with Crippen molar-refractivity contribution in [2.75, 3.05) is 19.6 Å². The van der Waals surface area contributed by atoms with Gasteiger partial charge in [0.05, 0.1) is 0 Å². The highest BCUT2D eigenvalue weighted by molar-refractivity contribution is 5.85. The van der Waals surface area contributed by atoms with Crippen molar-refractivity contribution < 1.29 is 0 Å². The lowest BCUT2D eigenvalue weighted by atomic mass is 10.1. The molecule has 1 aliphatic rings. The summed E-state index contributed by atoms with van der Waals surface area (Å²) in [4.78, 5) is 0. The summed E-state index contributed by atoms with van der Waals surface area (Å²) in [6.07, 6.45) is 2.71. The van der Waals surface area contributed by atoms with Gasteiger partial charge in [0.25, 0.3) is 0 Å². The molecule has 0 aromatic carbocycles. The van der Waals surface area contributed by atoms with E-state index in [1.807, 2.05) is 0 Å². The predicted molar refractivity (Wildman–Crippen MR) is 56.0 cm³/mol. The summed E-state index contributed by atoms with van der Waals surface area (Å²) in [6, 6.07) is 0.643. The van der Waals surface area contributed by atoms with Crippen LogP contribution in [0, 0.1) is 5.92 Å². The Labute approximate surface area is 81.9 Å². The maximum atomic E-state index is 3.44. The zero-order valence-corrected chi connectivity index (χ0v) is 8.91. The van der Waals surface area contributed by atoms with Crippen molar-refractivity contribution in [3.63, 3.8) is 0 Å². The minimum Gasteiger partial charge on any atom is -0.316 e. The molecule has 12 heavy (non-hydrogen) atoms. The smallest absolute Gasteiger partial charge is 0.00103 e. The number of nitrogens with one attached hydrogen (secondary N) is 2. The highest BCUT2D eigenvalue weighted by Crippen LogP contribution is 2.10. The van der Waals surface area contributed by atoms with Gasteiger partial charge in [-0.05, 0) is 38.4 Å². The van der Waals surface area contributed by atoms with Gasteiger partial charge in [0.15, 0.2) is 0 Å². The van der Waals surface area contributed by atoms with Crippen LogP contribution in [0.4, 0.5) is 0 Å². The summed E-state index contributed by atoms with van der Waals surface area (Å²) in [5, 5.41) is 6.83. The SMILES string of the molecule is CC(C)NCC[C@@H]1CCNC1.Cl. The van der Waals surface area contributed by atoms with Gasteiger partial charge in [-0.25, -0.2) is 0 Å². The maximum Gasteiger partial charge on any atom is 0.00103 e. The van der Waals surface area contributed by atoms with Crippen LogP contribution in [0.2, 0.25) is 0 Å². The van der Waals surface area contributed by atoms with Gasteiger partial charge in [-0.3, -0.25) is 0 Å². The average molecular weight is 193 g/mol. The third-order valence-electron chi connectivity index (χ3n) is 2.27. The van der Waals surface area contributed by atoms with Crippen LogP contribution in [0.1, 0.15) is 26.7 Å². The van der Waals surface area contributed by atoms with E-state index in [0.717, 1.165) is 5.92 Å². The van der Waals surface area contributed by atoms with E-state index in [1.54, 1.807) is 0 Å². The average Bonchev–Trinajstić information content (AvgIpc) is 2.39. The Bertz CT molecular complexity index is 101. The first-order valence-electron chi connectivity index (χ1n) is 4.73. The topological polar surface area (TPSA) is 24.1 Å². The van der Waals surface area contributed by atoms with Crippen molar-refractivity contribution in [1.82, 2.24) is 10.6 Å². The first-order chi connectivity index (χ1) is 5.29. The molecule has 1 saturated heterocycles. The minimum atomic E-state index is 0. The van der Waals surface area contributed by atoms with E-state index in [9.17, 15) is 0 Å². The van der Waals surface area contributed by atoms with Gasteiger partial charge in [0.2, 0.25) is 0 Å². The second-order valence-electron chi connectivity index (χ2n) is 3.76. The third kappa shape index (κ3) is 4.96. The molecule has 0 aliphatic carbocycles. The van der Waals surface area contributed by atoms with Crippen LogP contribution in [0.3, 0.4) is 0 Å². The molecule has 0 aromatic rings. The highest BCUT2D eigenvalue weighted by Gasteiger charge is 2.13. The second kappa shape index (κ2) is 6.70. The highest BCUT2D eigenvalue weighted by atomic mass is 35.5. The number of halogens is 1. The molecule has 0 amide bonds. The normalized spacial score (nSPS) is 22.8. The maximum absolute atomic E-state index is 3.44. The summed E-state index contributed by atoms with van der Waals surface area (Å²) >= 11 is 0. The molecule has 0 unspecified atom stereocenters. The molecule has 1 atom stereocenters. The van der Waals surface area contributed by atoms with E-state index in [-0.39, 0.29) is 12.4 Å². The van der Waals surface area contributed by atoms with E-state index >= 15 is 0 Å². The Morgan fingerprint density at radius 3 is 2.75 bits per heavy atom. The lowest BCUT2D eigenvalue weighted by molar-refractivity contribution is 0.477. The zero-order chi connectivity index (χ0) is 8.10. The lowest BCUT2D eigenvalue weighted by Crippen LogP contribution is -2.25. The molecular weight excluding hydrogens is 172 g/mol. The summed E-state index contributed by atoms with van der Waals surface area (Å²) < 4.78 is 0. The van der Waals surface area contributed by atoms with E-state index in [2.05, 4.69) is 24.5 Å². The van der Waals surface area contributed by atoms with E-state index in [4.69, 9.17) is 0 Å². The van der Waals surface area contributed by atoms with Gasteiger partial charge in [-0.2, -0.15) is 0 Å². The van der Waals surface area contributed by atoms with Crippen LogP contribution in [0.15, 0.2) is 0 Å². The molecule has 0 bridgehead atoms. The fourth-order valence-electron chi connectivity index (χ4n) is 1.54. The predicted octanol–water partition coefficient (Wildman–Crippen LogP) is 1.41. The van der Waals surface area contributed by atoms with Crippen molar-refractivity contribution in [1.29, 1.82) is 0 Å². The summed E-state index contributed by atoms with van der Waals surface area (Å²) in [5.74, 6) is 0.932. The summed E-state index contributed by atoms with van der Waals surface area (Å²) in [6.45, 7) is 8.05. The fourth-order valence-corrected chi connectivity index (χ4v) is 1.54. The summed E-state index contributed by atoms with van der Waals surface area (Å²) in [7, 11) is 0. The van der Waals surface area contributed by atoms with Crippen LogP contribution in [-0.4, -0.2) is 25.7 Å². The Balaban J connectivity index is 0.00000121. The molecule has 2 nitrogen and oxygen atoms in total. The van der Waals surface area contributed by atoms with Gasteiger partial charge < -0.3 is 10.6 Å². The molecule has 1 rings (SSSR count). The van der Waals surface area contributed by atoms with Crippen LogP contribution in [-0.2, 0) is 0 Å². The molecule has 1 aliphatic heterocycles. The zero-order valence-electron chi connectivity index (χ0n) is 8.10. The Hall–Kier alpha value is 0.210. The van der Waals surface area contributed by atoms with Crippen LogP contribution in [0.25, 0.3) is 0 Å². The largest absolute Gasteiger partial charge is 0.316 e. The third-order valence-corrected chi connectivity index (χ3v) is 2.27.